The highest BCUT2D eigenvalue weighted by molar-refractivity contribution is 8.01. The minimum absolute atomic E-state index is 0.0439. The Bertz CT molecular complexity index is 746. The van der Waals surface area contributed by atoms with Crippen molar-refractivity contribution in [3.63, 3.8) is 0 Å². The van der Waals surface area contributed by atoms with Crippen molar-refractivity contribution in [2.75, 3.05) is 16.4 Å². The predicted molar refractivity (Wildman–Crippen MR) is 96.7 cm³/mol. The molecule has 2 rings (SSSR count). The monoisotopic (exact) mass is 364 g/mol. The Labute approximate surface area is 149 Å². The number of anilines is 2. The maximum Gasteiger partial charge on any atom is 0.237 e. The molecule has 2 aromatic rings. The topological polar surface area (TPSA) is 58.2 Å². The molecule has 0 bridgehead atoms. The van der Waals surface area contributed by atoms with Crippen LogP contribution >= 0.6 is 11.8 Å². The van der Waals surface area contributed by atoms with E-state index in [-0.39, 0.29) is 11.7 Å². The van der Waals surface area contributed by atoms with Crippen molar-refractivity contribution in [3.05, 3.63) is 59.7 Å². The SMILES string of the molecule is Cc1ccc(NC(=O)CSC(C)C(=O)Nc2c(F)cccc2F)cc1. The van der Waals surface area contributed by atoms with E-state index in [0.717, 1.165) is 29.5 Å². The van der Waals surface area contributed by atoms with Crippen molar-refractivity contribution >= 4 is 35.0 Å². The summed E-state index contributed by atoms with van der Waals surface area (Å²) in [5.74, 6) is -2.48. The second kappa shape index (κ2) is 8.62. The molecule has 0 radical (unpaired) electrons. The van der Waals surface area contributed by atoms with E-state index in [1.165, 1.54) is 6.07 Å². The Balaban J connectivity index is 1.84. The molecule has 1 atom stereocenters. The van der Waals surface area contributed by atoms with Gasteiger partial charge in [0.25, 0.3) is 0 Å². The van der Waals surface area contributed by atoms with Gasteiger partial charge in [0.2, 0.25) is 11.8 Å². The van der Waals surface area contributed by atoms with Gasteiger partial charge in [-0.05, 0) is 38.1 Å². The zero-order valence-electron chi connectivity index (χ0n) is 13.8. The third kappa shape index (κ3) is 5.56. The molecule has 0 aliphatic carbocycles. The summed E-state index contributed by atoms with van der Waals surface area (Å²) in [5, 5.41) is 4.29. The molecule has 2 N–H and O–H groups in total. The Morgan fingerprint density at radius 3 is 2.24 bits per heavy atom. The van der Waals surface area contributed by atoms with E-state index in [2.05, 4.69) is 10.6 Å². The van der Waals surface area contributed by atoms with Crippen molar-refractivity contribution in [2.24, 2.45) is 0 Å². The van der Waals surface area contributed by atoms with Crippen molar-refractivity contribution < 1.29 is 18.4 Å². The minimum Gasteiger partial charge on any atom is -0.325 e. The number of amides is 2. The van der Waals surface area contributed by atoms with Gasteiger partial charge in [-0.3, -0.25) is 9.59 Å². The summed E-state index contributed by atoms with van der Waals surface area (Å²) < 4.78 is 27.1. The van der Waals surface area contributed by atoms with Crippen LogP contribution in [0, 0.1) is 18.6 Å². The van der Waals surface area contributed by atoms with Gasteiger partial charge in [0, 0.05) is 5.69 Å². The molecule has 0 spiro atoms. The first-order valence-electron chi connectivity index (χ1n) is 7.60. The van der Waals surface area contributed by atoms with Crippen LogP contribution in [0.1, 0.15) is 12.5 Å². The second-order valence-corrected chi connectivity index (χ2v) is 6.78. The molecule has 0 saturated carbocycles. The number of carbonyl (C=O) groups is 2. The van der Waals surface area contributed by atoms with E-state index in [0.29, 0.717) is 5.69 Å². The summed E-state index contributed by atoms with van der Waals surface area (Å²) in [6, 6.07) is 10.7. The molecule has 2 aromatic carbocycles. The summed E-state index contributed by atoms with van der Waals surface area (Å²) in [6.07, 6.45) is 0. The molecule has 2 amide bonds. The van der Waals surface area contributed by atoms with Crippen LogP contribution in [-0.4, -0.2) is 22.8 Å². The second-order valence-electron chi connectivity index (χ2n) is 5.45. The van der Waals surface area contributed by atoms with Crippen molar-refractivity contribution in [3.8, 4) is 0 Å². The average Bonchev–Trinajstić information content (AvgIpc) is 2.58. The highest BCUT2D eigenvalue weighted by Gasteiger charge is 2.18. The first kappa shape index (κ1) is 18.9. The number of thioether (sulfide) groups is 1. The van der Waals surface area contributed by atoms with Crippen LogP contribution in [0.4, 0.5) is 20.2 Å². The predicted octanol–water partition coefficient (Wildman–Crippen LogP) is 3.97. The Hall–Kier alpha value is -2.41. The fourth-order valence-electron chi connectivity index (χ4n) is 1.95. The third-order valence-corrected chi connectivity index (χ3v) is 4.52. The van der Waals surface area contributed by atoms with E-state index in [9.17, 15) is 18.4 Å². The van der Waals surface area contributed by atoms with Gasteiger partial charge in [-0.15, -0.1) is 11.8 Å². The van der Waals surface area contributed by atoms with Gasteiger partial charge in [-0.25, -0.2) is 8.78 Å². The van der Waals surface area contributed by atoms with Gasteiger partial charge in [-0.2, -0.15) is 0 Å². The largest absolute Gasteiger partial charge is 0.325 e. The number of rotatable bonds is 6. The highest BCUT2D eigenvalue weighted by Crippen LogP contribution is 2.20. The lowest BCUT2D eigenvalue weighted by atomic mass is 10.2. The molecule has 132 valence electrons. The zero-order valence-corrected chi connectivity index (χ0v) is 14.6. The summed E-state index contributed by atoms with van der Waals surface area (Å²) >= 11 is 1.08. The number of para-hydroxylation sites is 1. The first-order chi connectivity index (χ1) is 11.9. The molecule has 0 aliphatic rings. The summed E-state index contributed by atoms with van der Waals surface area (Å²) in [7, 11) is 0. The molecule has 0 saturated heterocycles. The van der Waals surface area contributed by atoms with Crippen LogP contribution in [0.3, 0.4) is 0 Å². The van der Waals surface area contributed by atoms with Crippen LogP contribution < -0.4 is 10.6 Å². The third-order valence-electron chi connectivity index (χ3n) is 3.38. The van der Waals surface area contributed by atoms with Crippen LogP contribution in [0.15, 0.2) is 42.5 Å². The van der Waals surface area contributed by atoms with E-state index >= 15 is 0 Å². The average molecular weight is 364 g/mol. The molecular formula is C18H18F2N2O2S. The van der Waals surface area contributed by atoms with E-state index in [4.69, 9.17) is 0 Å². The summed E-state index contributed by atoms with van der Waals surface area (Å²) in [5.41, 5.74) is 1.27. The Kier molecular flexibility index (Phi) is 6.52. The zero-order chi connectivity index (χ0) is 18.4. The van der Waals surface area contributed by atoms with E-state index in [1.54, 1.807) is 19.1 Å². The maximum atomic E-state index is 13.5. The maximum absolute atomic E-state index is 13.5. The van der Waals surface area contributed by atoms with Crippen LogP contribution in [0.5, 0.6) is 0 Å². The van der Waals surface area contributed by atoms with Gasteiger partial charge in [0.05, 0.1) is 11.0 Å². The lowest BCUT2D eigenvalue weighted by molar-refractivity contribution is -0.115. The van der Waals surface area contributed by atoms with Crippen LogP contribution in [-0.2, 0) is 9.59 Å². The molecule has 7 heteroatoms. The highest BCUT2D eigenvalue weighted by atomic mass is 32.2. The molecule has 4 nitrogen and oxygen atoms in total. The molecular weight excluding hydrogens is 346 g/mol. The number of hydrogen-bond donors (Lipinski definition) is 2. The number of halogens is 2. The lowest BCUT2D eigenvalue weighted by Crippen LogP contribution is -2.26. The fourth-order valence-corrected chi connectivity index (χ4v) is 2.64. The smallest absolute Gasteiger partial charge is 0.237 e. The molecule has 1 unspecified atom stereocenters. The van der Waals surface area contributed by atoms with Crippen molar-refractivity contribution in [2.45, 2.75) is 19.1 Å². The number of hydrogen-bond acceptors (Lipinski definition) is 3. The van der Waals surface area contributed by atoms with Crippen LogP contribution in [0.2, 0.25) is 0 Å². The number of carbonyl (C=O) groups excluding carboxylic acids is 2. The lowest BCUT2D eigenvalue weighted by Gasteiger charge is -2.13. The minimum atomic E-state index is -0.845. The van der Waals surface area contributed by atoms with Crippen molar-refractivity contribution in [1.29, 1.82) is 0 Å². The molecule has 0 fully saturated rings. The standard InChI is InChI=1S/C18H18F2N2O2S/c1-11-6-8-13(9-7-11)21-16(23)10-25-12(2)18(24)22-17-14(19)4-3-5-15(17)20/h3-9,12H,10H2,1-2H3,(H,21,23)(H,22,24). The number of aryl methyl sites for hydroxylation is 1. The van der Waals surface area contributed by atoms with Crippen LogP contribution in [0.25, 0.3) is 0 Å². The first-order valence-corrected chi connectivity index (χ1v) is 8.64. The van der Waals surface area contributed by atoms with E-state index < -0.39 is 28.5 Å². The van der Waals surface area contributed by atoms with Gasteiger partial charge in [0.15, 0.2) is 0 Å². The van der Waals surface area contributed by atoms with E-state index in [1.807, 2.05) is 19.1 Å². The van der Waals surface area contributed by atoms with Gasteiger partial charge < -0.3 is 10.6 Å². The van der Waals surface area contributed by atoms with Gasteiger partial charge in [0.1, 0.15) is 17.3 Å². The quantitative estimate of drug-likeness (QED) is 0.815. The molecule has 0 heterocycles. The van der Waals surface area contributed by atoms with Crippen molar-refractivity contribution in [1.82, 2.24) is 0 Å². The van der Waals surface area contributed by atoms with Gasteiger partial charge >= 0.3 is 0 Å². The number of benzene rings is 2. The summed E-state index contributed by atoms with van der Waals surface area (Å²) in [6.45, 7) is 3.51. The Morgan fingerprint density at radius 1 is 1.04 bits per heavy atom. The summed E-state index contributed by atoms with van der Waals surface area (Å²) in [4.78, 5) is 23.9. The molecule has 0 aliphatic heterocycles. The molecule has 0 aromatic heterocycles. The number of nitrogens with one attached hydrogen (secondary N) is 2. The van der Waals surface area contributed by atoms with Gasteiger partial charge in [-0.1, -0.05) is 23.8 Å². The Morgan fingerprint density at radius 2 is 1.64 bits per heavy atom. The fraction of sp³-hybridized carbons (Fsp3) is 0.222. The molecule has 25 heavy (non-hydrogen) atoms. The normalized spacial score (nSPS) is 11.7.